The molecule has 1 unspecified atom stereocenters. The molecule has 0 aliphatic heterocycles. The molecule has 0 aliphatic carbocycles. The van der Waals surface area contributed by atoms with Crippen LogP contribution < -0.4 is 5.32 Å². The van der Waals surface area contributed by atoms with E-state index in [1.807, 2.05) is 6.07 Å². The Hall–Kier alpha value is -1.74. The van der Waals surface area contributed by atoms with E-state index in [1.54, 1.807) is 12.3 Å². The third-order valence-electron chi connectivity index (χ3n) is 3.52. The van der Waals surface area contributed by atoms with Crippen molar-refractivity contribution in [1.82, 2.24) is 10.3 Å². The summed E-state index contributed by atoms with van der Waals surface area (Å²) >= 11 is 0. The van der Waals surface area contributed by atoms with Crippen LogP contribution in [0.1, 0.15) is 41.8 Å². The van der Waals surface area contributed by atoms with Crippen molar-refractivity contribution in [3.05, 3.63) is 64.7 Å². The standard InChI is InChI=1S/C17H21FN2/c1-4-9-19-16(17-15(18)6-5-10-20-17)14-8-7-12(2)13(3)11-14/h5-8,10-11,16,19H,4,9H2,1-3H3. The van der Waals surface area contributed by atoms with Crippen LogP contribution in [0.5, 0.6) is 0 Å². The molecular weight excluding hydrogens is 251 g/mol. The van der Waals surface area contributed by atoms with Gasteiger partial charge in [-0.05, 0) is 55.6 Å². The van der Waals surface area contributed by atoms with E-state index in [1.165, 1.54) is 17.2 Å². The molecule has 0 saturated carbocycles. The number of benzene rings is 1. The van der Waals surface area contributed by atoms with Crippen LogP contribution in [0, 0.1) is 19.7 Å². The van der Waals surface area contributed by atoms with Crippen LogP contribution >= 0.6 is 0 Å². The van der Waals surface area contributed by atoms with E-state index in [9.17, 15) is 4.39 Å². The number of aromatic nitrogens is 1. The fraction of sp³-hybridized carbons (Fsp3) is 0.353. The van der Waals surface area contributed by atoms with E-state index in [-0.39, 0.29) is 11.9 Å². The number of aryl methyl sites for hydroxylation is 2. The molecule has 1 atom stereocenters. The highest BCUT2D eigenvalue weighted by Gasteiger charge is 2.18. The van der Waals surface area contributed by atoms with Gasteiger partial charge in [-0.3, -0.25) is 4.98 Å². The van der Waals surface area contributed by atoms with E-state index < -0.39 is 0 Å². The van der Waals surface area contributed by atoms with Gasteiger partial charge in [-0.15, -0.1) is 0 Å². The van der Waals surface area contributed by atoms with Gasteiger partial charge in [0.25, 0.3) is 0 Å². The lowest BCUT2D eigenvalue weighted by molar-refractivity contribution is 0.531. The van der Waals surface area contributed by atoms with Gasteiger partial charge < -0.3 is 5.32 Å². The predicted molar refractivity (Wildman–Crippen MR) is 80.2 cm³/mol. The maximum absolute atomic E-state index is 14.0. The van der Waals surface area contributed by atoms with Crippen molar-refractivity contribution >= 4 is 0 Å². The zero-order valence-electron chi connectivity index (χ0n) is 12.3. The molecule has 2 rings (SSSR count). The highest BCUT2D eigenvalue weighted by atomic mass is 19.1. The van der Waals surface area contributed by atoms with Crippen LogP contribution in [0.3, 0.4) is 0 Å². The molecule has 1 heterocycles. The molecule has 3 heteroatoms. The Morgan fingerprint density at radius 1 is 1.20 bits per heavy atom. The second-order valence-corrected chi connectivity index (χ2v) is 5.10. The summed E-state index contributed by atoms with van der Waals surface area (Å²) in [5.74, 6) is -0.265. The van der Waals surface area contributed by atoms with Gasteiger partial charge in [0.05, 0.1) is 11.7 Å². The van der Waals surface area contributed by atoms with Crippen LogP contribution in [-0.2, 0) is 0 Å². The van der Waals surface area contributed by atoms with Crippen LogP contribution in [-0.4, -0.2) is 11.5 Å². The van der Waals surface area contributed by atoms with Crippen molar-refractivity contribution in [2.75, 3.05) is 6.54 Å². The second-order valence-electron chi connectivity index (χ2n) is 5.10. The van der Waals surface area contributed by atoms with E-state index in [2.05, 4.69) is 43.2 Å². The molecule has 0 saturated heterocycles. The minimum Gasteiger partial charge on any atom is -0.305 e. The quantitative estimate of drug-likeness (QED) is 0.892. The number of pyridine rings is 1. The zero-order chi connectivity index (χ0) is 14.5. The van der Waals surface area contributed by atoms with Gasteiger partial charge >= 0.3 is 0 Å². The molecule has 0 bridgehead atoms. The molecule has 2 aromatic rings. The number of hydrogen-bond acceptors (Lipinski definition) is 2. The van der Waals surface area contributed by atoms with Gasteiger partial charge in [0.2, 0.25) is 0 Å². The van der Waals surface area contributed by atoms with Crippen molar-refractivity contribution < 1.29 is 4.39 Å². The summed E-state index contributed by atoms with van der Waals surface area (Å²) in [6.45, 7) is 7.08. The van der Waals surface area contributed by atoms with E-state index in [0.29, 0.717) is 5.69 Å². The number of nitrogens with zero attached hydrogens (tertiary/aromatic N) is 1. The first kappa shape index (κ1) is 14.7. The van der Waals surface area contributed by atoms with E-state index >= 15 is 0 Å². The summed E-state index contributed by atoms with van der Waals surface area (Å²) in [4.78, 5) is 4.22. The van der Waals surface area contributed by atoms with Crippen LogP contribution in [0.25, 0.3) is 0 Å². The number of halogens is 1. The zero-order valence-corrected chi connectivity index (χ0v) is 12.3. The van der Waals surface area contributed by atoms with Gasteiger partial charge in [0, 0.05) is 6.20 Å². The van der Waals surface area contributed by atoms with Gasteiger partial charge in [-0.25, -0.2) is 4.39 Å². The molecule has 2 nitrogen and oxygen atoms in total. The summed E-state index contributed by atoms with van der Waals surface area (Å²) < 4.78 is 14.0. The fourth-order valence-electron chi connectivity index (χ4n) is 2.22. The maximum atomic E-state index is 14.0. The minimum absolute atomic E-state index is 0.199. The Morgan fingerprint density at radius 2 is 2.00 bits per heavy atom. The first-order valence-corrected chi connectivity index (χ1v) is 7.04. The lowest BCUT2D eigenvalue weighted by atomic mass is 9.98. The van der Waals surface area contributed by atoms with Crippen LogP contribution in [0.2, 0.25) is 0 Å². The lowest BCUT2D eigenvalue weighted by Gasteiger charge is -2.20. The molecule has 0 radical (unpaired) electrons. The Kier molecular flexibility index (Phi) is 4.85. The number of rotatable bonds is 5. The summed E-state index contributed by atoms with van der Waals surface area (Å²) in [5.41, 5.74) is 3.97. The predicted octanol–water partition coefficient (Wildman–Crippen LogP) is 3.93. The molecule has 0 fully saturated rings. The Bertz CT molecular complexity index is 581. The average molecular weight is 272 g/mol. The summed E-state index contributed by atoms with van der Waals surface area (Å²) in [6.07, 6.45) is 2.63. The Morgan fingerprint density at radius 3 is 2.65 bits per heavy atom. The SMILES string of the molecule is CCCNC(c1ccc(C)c(C)c1)c1ncccc1F. The molecular formula is C17H21FN2. The van der Waals surface area contributed by atoms with Crippen LogP contribution in [0.4, 0.5) is 4.39 Å². The monoisotopic (exact) mass is 272 g/mol. The van der Waals surface area contributed by atoms with Crippen molar-refractivity contribution in [2.24, 2.45) is 0 Å². The summed E-state index contributed by atoms with van der Waals surface area (Å²) in [5, 5.41) is 3.39. The maximum Gasteiger partial charge on any atom is 0.146 e. The first-order chi connectivity index (χ1) is 9.63. The third-order valence-corrected chi connectivity index (χ3v) is 3.52. The molecule has 0 aliphatic rings. The summed E-state index contributed by atoms with van der Waals surface area (Å²) in [6, 6.07) is 9.11. The Labute approximate surface area is 120 Å². The average Bonchev–Trinajstić information content (AvgIpc) is 2.44. The van der Waals surface area contributed by atoms with Gasteiger partial charge in [-0.1, -0.05) is 25.1 Å². The molecule has 20 heavy (non-hydrogen) atoms. The molecule has 106 valence electrons. The number of hydrogen-bond donors (Lipinski definition) is 1. The number of nitrogens with one attached hydrogen (secondary N) is 1. The highest BCUT2D eigenvalue weighted by molar-refractivity contribution is 5.35. The molecule has 1 aromatic carbocycles. The summed E-state index contributed by atoms with van der Waals surface area (Å²) in [7, 11) is 0. The highest BCUT2D eigenvalue weighted by Crippen LogP contribution is 2.24. The Balaban J connectivity index is 2.41. The third kappa shape index (κ3) is 3.23. The van der Waals surface area contributed by atoms with Gasteiger partial charge in [0.1, 0.15) is 5.82 Å². The normalized spacial score (nSPS) is 12.4. The molecule has 0 amide bonds. The van der Waals surface area contributed by atoms with E-state index in [4.69, 9.17) is 0 Å². The fourth-order valence-corrected chi connectivity index (χ4v) is 2.22. The molecule has 0 spiro atoms. The second kappa shape index (κ2) is 6.62. The largest absolute Gasteiger partial charge is 0.305 e. The van der Waals surface area contributed by atoms with E-state index in [0.717, 1.165) is 18.5 Å². The smallest absolute Gasteiger partial charge is 0.146 e. The van der Waals surface area contributed by atoms with Crippen molar-refractivity contribution in [2.45, 2.75) is 33.2 Å². The minimum atomic E-state index is -0.265. The van der Waals surface area contributed by atoms with Crippen molar-refractivity contribution in [1.29, 1.82) is 0 Å². The van der Waals surface area contributed by atoms with Gasteiger partial charge in [0.15, 0.2) is 0 Å². The molecule has 1 N–H and O–H groups in total. The molecule has 1 aromatic heterocycles. The topological polar surface area (TPSA) is 24.9 Å². The van der Waals surface area contributed by atoms with Crippen molar-refractivity contribution in [3.63, 3.8) is 0 Å². The lowest BCUT2D eigenvalue weighted by Crippen LogP contribution is -2.25. The first-order valence-electron chi connectivity index (χ1n) is 7.04. The van der Waals surface area contributed by atoms with Gasteiger partial charge in [-0.2, -0.15) is 0 Å². The van der Waals surface area contributed by atoms with Crippen molar-refractivity contribution in [3.8, 4) is 0 Å². The van der Waals surface area contributed by atoms with Crippen LogP contribution in [0.15, 0.2) is 36.5 Å².